The molecule has 1 aliphatic rings. The summed E-state index contributed by atoms with van der Waals surface area (Å²) in [6, 6.07) is 7.70. The van der Waals surface area contributed by atoms with Crippen LogP contribution >= 0.6 is 27.7 Å². The van der Waals surface area contributed by atoms with Crippen LogP contribution in [0, 0.1) is 0 Å². The number of benzene rings is 1. The summed E-state index contributed by atoms with van der Waals surface area (Å²) < 4.78 is 6.66. The SMILES string of the molecule is C[C@@H](Sc1nnc(-c2cccc(Br)c2)o1)C(=O)N1CCCCCC1. The fourth-order valence-corrected chi connectivity index (χ4v) is 3.91. The molecule has 0 aliphatic carbocycles. The van der Waals surface area contributed by atoms with Crippen molar-refractivity contribution in [1.82, 2.24) is 15.1 Å². The summed E-state index contributed by atoms with van der Waals surface area (Å²) in [7, 11) is 0. The van der Waals surface area contributed by atoms with Crippen molar-refractivity contribution in [2.24, 2.45) is 0 Å². The predicted molar refractivity (Wildman–Crippen MR) is 97.8 cm³/mol. The Morgan fingerprint density at radius 3 is 2.71 bits per heavy atom. The van der Waals surface area contributed by atoms with Gasteiger partial charge in [0, 0.05) is 23.1 Å². The molecule has 0 unspecified atom stereocenters. The summed E-state index contributed by atoms with van der Waals surface area (Å²) in [5.74, 6) is 0.623. The van der Waals surface area contributed by atoms with Gasteiger partial charge in [0.05, 0.1) is 5.25 Å². The first-order valence-electron chi connectivity index (χ1n) is 8.18. The van der Waals surface area contributed by atoms with Crippen LogP contribution in [0.3, 0.4) is 0 Å². The number of carbonyl (C=O) groups is 1. The highest BCUT2D eigenvalue weighted by Crippen LogP contribution is 2.28. The van der Waals surface area contributed by atoms with Gasteiger partial charge >= 0.3 is 0 Å². The van der Waals surface area contributed by atoms with Gasteiger partial charge in [0.15, 0.2) is 0 Å². The van der Waals surface area contributed by atoms with Crippen LogP contribution in [-0.4, -0.2) is 39.3 Å². The van der Waals surface area contributed by atoms with Crippen molar-refractivity contribution >= 4 is 33.6 Å². The Morgan fingerprint density at radius 2 is 2.00 bits per heavy atom. The minimum absolute atomic E-state index is 0.157. The van der Waals surface area contributed by atoms with Gasteiger partial charge in [0.1, 0.15) is 0 Å². The second-order valence-electron chi connectivity index (χ2n) is 5.88. The molecular weight excluding hydrogens is 390 g/mol. The van der Waals surface area contributed by atoms with E-state index in [4.69, 9.17) is 4.42 Å². The van der Waals surface area contributed by atoms with E-state index in [1.54, 1.807) is 0 Å². The largest absolute Gasteiger partial charge is 0.411 e. The highest BCUT2D eigenvalue weighted by molar-refractivity contribution is 9.10. The molecule has 0 N–H and O–H groups in total. The van der Waals surface area contributed by atoms with Crippen LogP contribution in [0.1, 0.15) is 32.6 Å². The van der Waals surface area contributed by atoms with Gasteiger partial charge in [-0.3, -0.25) is 4.79 Å². The van der Waals surface area contributed by atoms with Gasteiger partial charge in [-0.2, -0.15) is 0 Å². The Kier molecular flexibility index (Phi) is 5.94. The number of nitrogens with zero attached hydrogens (tertiary/aromatic N) is 3. The van der Waals surface area contributed by atoms with Gasteiger partial charge in [0.25, 0.3) is 5.22 Å². The van der Waals surface area contributed by atoms with E-state index in [1.165, 1.54) is 24.6 Å². The van der Waals surface area contributed by atoms with Gasteiger partial charge in [-0.05, 0) is 38.0 Å². The van der Waals surface area contributed by atoms with Crippen LogP contribution in [0.25, 0.3) is 11.5 Å². The molecule has 1 aromatic heterocycles. The molecule has 2 aromatic rings. The van der Waals surface area contributed by atoms with E-state index >= 15 is 0 Å². The highest BCUT2D eigenvalue weighted by Gasteiger charge is 2.24. The molecule has 0 radical (unpaired) electrons. The van der Waals surface area contributed by atoms with Crippen LogP contribution in [0.15, 0.2) is 38.4 Å². The fraction of sp³-hybridized carbons (Fsp3) is 0.471. The van der Waals surface area contributed by atoms with Crippen LogP contribution < -0.4 is 0 Å². The summed E-state index contributed by atoms with van der Waals surface area (Å²) >= 11 is 4.76. The number of amides is 1. The number of carbonyl (C=O) groups excluding carboxylic acids is 1. The zero-order valence-electron chi connectivity index (χ0n) is 13.6. The van der Waals surface area contributed by atoms with Gasteiger partial charge in [0.2, 0.25) is 11.8 Å². The number of hydrogen-bond donors (Lipinski definition) is 0. The molecule has 0 bridgehead atoms. The van der Waals surface area contributed by atoms with E-state index in [2.05, 4.69) is 26.1 Å². The monoisotopic (exact) mass is 409 g/mol. The molecule has 0 saturated carbocycles. The Labute approximate surface area is 154 Å². The first-order valence-corrected chi connectivity index (χ1v) is 9.85. The lowest BCUT2D eigenvalue weighted by Crippen LogP contribution is -2.37. The maximum Gasteiger partial charge on any atom is 0.277 e. The van der Waals surface area contributed by atoms with Crippen molar-refractivity contribution in [2.45, 2.75) is 43.1 Å². The molecule has 0 spiro atoms. The van der Waals surface area contributed by atoms with Gasteiger partial charge in [-0.15, -0.1) is 10.2 Å². The van der Waals surface area contributed by atoms with E-state index in [-0.39, 0.29) is 11.2 Å². The van der Waals surface area contributed by atoms with Crippen LogP contribution in [0.4, 0.5) is 0 Å². The van der Waals surface area contributed by atoms with Crippen molar-refractivity contribution in [3.05, 3.63) is 28.7 Å². The Bertz CT molecular complexity index is 699. The summed E-state index contributed by atoms with van der Waals surface area (Å²) in [4.78, 5) is 14.6. The second-order valence-corrected chi connectivity index (χ2v) is 8.09. The Hall–Kier alpha value is -1.34. The molecule has 1 aromatic carbocycles. The maximum absolute atomic E-state index is 12.6. The molecule has 1 aliphatic heterocycles. The first kappa shape index (κ1) is 17.5. The third-order valence-electron chi connectivity index (χ3n) is 4.02. The molecule has 1 atom stereocenters. The number of hydrogen-bond acceptors (Lipinski definition) is 5. The molecule has 7 heteroatoms. The standard InChI is InChI=1S/C17H20BrN3O2S/c1-12(16(22)21-9-4-2-3-5-10-21)24-17-20-19-15(23-17)13-7-6-8-14(18)11-13/h6-8,11-12H,2-5,9-10H2,1H3/t12-/m1/s1. The maximum atomic E-state index is 12.6. The zero-order chi connectivity index (χ0) is 16.9. The van der Waals surface area contributed by atoms with Crippen molar-refractivity contribution in [1.29, 1.82) is 0 Å². The topological polar surface area (TPSA) is 59.2 Å². The molecule has 5 nitrogen and oxygen atoms in total. The predicted octanol–water partition coefficient (Wildman–Crippen LogP) is 4.38. The molecule has 1 fully saturated rings. The second kappa shape index (κ2) is 8.16. The number of thioether (sulfide) groups is 1. The molecule has 24 heavy (non-hydrogen) atoms. The van der Waals surface area contributed by atoms with E-state index in [1.807, 2.05) is 36.1 Å². The smallest absolute Gasteiger partial charge is 0.277 e. The Balaban J connectivity index is 1.64. The number of rotatable bonds is 4. The molecule has 128 valence electrons. The van der Waals surface area contributed by atoms with Gasteiger partial charge < -0.3 is 9.32 Å². The third-order valence-corrected chi connectivity index (χ3v) is 5.44. The van der Waals surface area contributed by atoms with Gasteiger partial charge in [-0.25, -0.2) is 0 Å². The van der Waals surface area contributed by atoms with Crippen LogP contribution in [-0.2, 0) is 4.79 Å². The summed E-state index contributed by atoms with van der Waals surface area (Å²) in [5.41, 5.74) is 0.857. The van der Waals surface area contributed by atoms with E-state index < -0.39 is 0 Å². The summed E-state index contributed by atoms with van der Waals surface area (Å²) in [5, 5.41) is 8.36. The molecule has 1 amide bonds. The summed E-state index contributed by atoms with van der Waals surface area (Å²) in [6.45, 7) is 3.62. The quantitative estimate of drug-likeness (QED) is 0.700. The van der Waals surface area contributed by atoms with Crippen molar-refractivity contribution < 1.29 is 9.21 Å². The summed E-state index contributed by atoms with van der Waals surface area (Å²) in [6.07, 6.45) is 4.61. The average Bonchev–Trinajstić information content (AvgIpc) is 2.87. The first-order chi connectivity index (χ1) is 11.6. The lowest BCUT2D eigenvalue weighted by molar-refractivity contribution is -0.130. The fourth-order valence-electron chi connectivity index (χ4n) is 2.75. The number of halogens is 1. The highest BCUT2D eigenvalue weighted by atomic mass is 79.9. The molecule has 2 heterocycles. The zero-order valence-corrected chi connectivity index (χ0v) is 16.0. The van der Waals surface area contributed by atoms with Crippen molar-refractivity contribution in [3.8, 4) is 11.5 Å². The number of likely N-dealkylation sites (tertiary alicyclic amines) is 1. The minimum atomic E-state index is -0.223. The molecule has 3 rings (SSSR count). The van der Waals surface area contributed by atoms with Gasteiger partial charge in [-0.1, -0.05) is 46.6 Å². The van der Waals surface area contributed by atoms with Crippen molar-refractivity contribution in [2.75, 3.05) is 13.1 Å². The Morgan fingerprint density at radius 1 is 1.25 bits per heavy atom. The van der Waals surface area contributed by atoms with E-state index in [0.29, 0.717) is 11.1 Å². The van der Waals surface area contributed by atoms with Crippen LogP contribution in [0.5, 0.6) is 0 Å². The lowest BCUT2D eigenvalue weighted by Gasteiger charge is -2.23. The average molecular weight is 410 g/mol. The normalized spacial score (nSPS) is 16.7. The lowest BCUT2D eigenvalue weighted by atomic mass is 10.2. The third kappa shape index (κ3) is 4.39. The van der Waals surface area contributed by atoms with Crippen molar-refractivity contribution in [3.63, 3.8) is 0 Å². The van der Waals surface area contributed by atoms with Crippen LogP contribution in [0.2, 0.25) is 0 Å². The molecule has 1 saturated heterocycles. The number of aromatic nitrogens is 2. The molecular formula is C17H20BrN3O2S. The minimum Gasteiger partial charge on any atom is -0.411 e. The van der Waals surface area contributed by atoms with E-state index in [9.17, 15) is 4.79 Å². The van der Waals surface area contributed by atoms with E-state index in [0.717, 1.165) is 36.0 Å².